The maximum atomic E-state index is 12.3. The van der Waals surface area contributed by atoms with E-state index in [1.807, 2.05) is 55.5 Å². The number of amides is 2. The number of aromatic nitrogens is 2. The molecule has 1 saturated heterocycles. The summed E-state index contributed by atoms with van der Waals surface area (Å²) in [5.41, 5.74) is 3.48. The molecule has 0 saturated carbocycles. The monoisotopic (exact) mass is 486 g/mol. The van der Waals surface area contributed by atoms with E-state index in [-0.39, 0.29) is 30.0 Å². The maximum Gasteiger partial charge on any atom is 0.415 e. The minimum Gasteiger partial charge on any atom is -0.447 e. The summed E-state index contributed by atoms with van der Waals surface area (Å²) in [6.07, 6.45) is 2.49. The van der Waals surface area contributed by atoms with E-state index < -0.39 is 0 Å². The second-order valence-corrected chi connectivity index (χ2v) is 8.88. The lowest BCUT2D eigenvalue weighted by molar-refractivity contribution is -0.111. The summed E-state index contributed by atoms with van der Waals surface area (Å²) in [6.45, 7) is 9.95. The molecule has 3 aromatic rings. The molecule has 2 aromatic carbocycles. The number of nitrogens with zero attached hydrogens (tertiary/aromatic N) is 3. The first kappa shape index (κ1) is 24.7. The smallest absolute Gasteiger partial charge is 0.415 e. The van der Waals surface area contributed by atoms with Gasteiger partial charge in [-0.2, -0.15) is 4.98 Å². The minimum absolute atomic E-state index is 0.0586. The SMILES string of the molecule is C=CC(=O)Nc1cccc(Nc2ccc(C(C)Nc3nccc(N4C(=O)OC[C@@H]4C(C)C)n3)cc2)c1. The van der Waals surface area contributed by atoms with E-state index in [2.05, 4.69) is 46.3 Å². The Morgan fingerprint density at radius 3 is 2.58 bits per heavy atom. The van der Waals surface area contributed by atoms with Crippen LogP contribution in [0.4, 0.5) is 33.6 Å². The van der Waals surface area contributed by atoms with Crippen LogP contribution in [0.1, 0.15) is 32.4 Å². The number of carbonyl (C=O) groups excluding carboxylic acids is 2. The predicted molar refractivity (Wildman–Crippen MR) is 142 cm³/mol. The normalized spacial score (nSPS) is 15.8. The number of carbonyl (C=O) groups is 2. The summed E-state index contributed by atoms with van der Waals surface area (Å²) in [4.78, 5) is 34.3. The van der Waals surface area contributed by atoms with Gasteiger partial charge in [0, 0.05) is 23.3 Å². The largest absolute Gasteiger partial charge is 0.447 e. The fourth-order valence-corrected chi connectivity index (χ4v) is 3.91. The molecule has 0 spiro atoms. The molecule has 1 aromatic heterocycles. The molecule has 1 aliphatic heterocycles. The highest BCUT2D eigenvalue weighted by molar-refractivity contribution is 5.99. The third-order valence-corrected chi connectivity index (χ3v) is 5.92. The van der Waals surface area contributed by atoms with Crippen molar-refractivity contribution in [3.63, 3.8) is 0 Å². The van der Waals surface area contributed by atoms with Crippen molar-refractivity contribution >= 4 is 40.8 Å². The summed E-state index contributed by atoms with van der Waals surface area (Å²) < 4.78 is 5.24. The lowest BCUT2D eigenvalue weighted by atomic mass is 10.0. The number of anilines is 5. The predicted octanol–water partition coefficient (Wildman–Crippen LogP) is 5.50. The molecule has 9 nitrogen and oxygen atoms in total. The van der Waals surface area contributed by atoms with Crippen molar-refractivity contribution in [3.05, 3.63) is 79.0 Å². The summed E-state index contributed by atoms with van der Waals surface area (Å²) >= 11 is 0. The van der Waals surface area contributed by atoms with Gasteiger partial charge in [-0.3, -0.25) is 9.69 Å². The zero-order valence-electron chi connectivity index (χ0n) is 20.6. The van der Waals surface area contributed by atoms with Crippen LogP contribution < -0.4 is 20.9 Å². The van der Waals surface area contributed by atoms with Crippen LogP contribution in [0.3, 0.4) is 0 Å². The van der Waals surface area contributed by atoms with E-state index in [9.17, 15) is 9.59 Å². The van der Waals surface area contributed by atoms with Gasteiger partial charge in [0.2, 0.25) is 11.9 Å². The second-order valence-electron chi connectivity index (χ2n) is 8.88. The first-order chi connectivity index (χ1) is 17.3. The molecule has 0 radical (unpaired) electrons. The number of cyclic esters (lactones) is 1. The van der Waals surface area contributed by atoms with Crippen molar-refractivity contribution < 1.29 is 14.3 Å². The topological polar surface area (TPSA) is 108 Å². The molecular weight excluding hydrogens is 456 g/mol. The van der Waals surface area contributed by atoms with Crippen molar-refractivity contribution in [1.82, 2.24) is 9.97 Å². The van der Waals surface area contributed by atoms with Gasteiger partial charge >= 0.3 is 6.09 Å². The molecule has 2 atom stereocenters. The van der Waals surface area contributed by atoms with Crippen molar-refractivity contribution in [2.24, 2.45) is 5.92 Å². The van der Waals surface area contributed by atoms with Crippen LogP contribution in [0.25, 0.3) is 0 Å². The number of hydrogen-bond donors (Lipinski definition) is 3. The van der Waals surface area contributed by atoms with E-state index in [0.29, 0.717) is 24.1 Å². The molecule has 9 heteroatoms. The van der Waals surface area contributed by atoms with Crippen LogP contribution in [0.15, 0.2) is 73.4 Å². The quantitative estimate of drug-likeness (QED) is 0.343. The zero-order chi connectivity index (χ0) is 25.7. The summed E-state index contributed by atoms with van der Waals surface area (Å²) in [6, 6.07) is 17.0. The average Bonchev–Trinajstić information content (AvgIpc) is 3.26. The van der Waals surface area contributed by atoms with Gasteiger partial charge in [-0.05, 0) is 60.9 Å². The molecule has 4 rings (SSSR count). The molecule has 36 heavy (non-hydrogen) atoms. The average molecular weight is 487 g/mol. The highest BCUT2D eigenvalue weighted by Gasteiger charge is 2.37. The van der Waals surface area contributed by atoms with Crippen LogP contribution >= 0.6 is 0 Å². The first-order valence-electron chi connectivity index (χ1n) is 11.8. The lowest BCUT2D eigenvalue weighted by Crippen LogP contribution is -2.37. The number of ether oxygens (including phenoxy) is 1. The Morgan fingerprint density at radius 2 is 1.86 bits per heavy atom. The highest BCUT2D eigenvalue weighted by atomic mass is 16.6. The Bertz CT molecular complexity index is 1240. The molecule has 0 aliphatic carbocycles. The first-order valence-corrected chi connectivity index (χ1v) is 11.8. The van der Waals surface area contributed by atoms with Gasteiger partial charge in [0.1, 0.15) is 12.4 Å². The Morgan fingerprint density at radius 1 is 1.11 bits per heavy atom. The van der Waals surface area contributed by atoms with Crippen molar-refractivity contribution in [2.45, 2.75) is 32.9 Å². The third-order valence-electron chi connectivity index (χ3n) is 5.92. The minimum atomic E-state index is -0.386. The van der Waals surface area contributed by atoms with Crippen LogP contribution in [-0.4, -0.2) is 34.6 Å². The van der Waals surface area contributed by atoms with Gasteiger partial charge in [-0.25, -0.2) is 9.78 Å². The van der Waals surface area contributed by atoms with Crippen LogP contribution in [0.2, 0.25) is 0 Å². The van der Waals surface area contributed by atoms with E-state index in [1.54, 1.807) is 17.2 Å². The zero-order valence-corrected chi connectivity index (χ0v) is 20.6. The van der Waals surface area contributed by atoms with Gasteiger partial charge in [-0.15, -0.1) is 0 Å². The Balaban J connectivity index is 1.41. The van der Waals surface area contributed by atoms with Gasteiger partial charge in [0.25, 0.3) is 0 Å². The summed E-state index contributed by atoms with van der Waals surface area (Å²) in [5.74, 6) is 0.935. The molecular formula is C27H30N6O3. The van der Waals surface area contributed by atoms with E-state index >= 15 is 0 Å². The van der Waals surface area contributed by atoms with E-state index in [4.69, 9.17) is 4.74 Å². The number of nitrogens with one attached hydrogen (secondary N) is 3. The lowest BCUT2D eigenvalue weighted by Gasteiger charge is -2.23. The third kappa shape index (κ3) is 5.80. The molecule has 1 unspecified atom stereocenters. The van der Waals surface area contributed by atoms with E-state index in [1.165, 1.54) is 6.08 Å². The van der Waals surface area contributed by atoms with Crippen LogP contribution in [0.5, 0.6) is 0 Å². The van der Waals surface area contributed by atoms with Crippen LogP contribution in [-0.2, 0) is 9.53 Å². The fourth-order valence-electron chi connectivity index (χ4n) is 3.91. The molecule has 1 fully saturated rings. The van der Waals surface area contributed by atoms with E-state index in [0.717, 1.165) is 16.9 Å². The van der Waals surface area contributed by atoms with Crippen molar-refractivity contribution in [2.75, 3.05) is 27.5 Å². The molecule has 0 bridgehead atoms. The fraction of sp³-hybridized carbons (Fsp3) is 0.259. The number of benzene rings is 2. The molecule has 3 N–H and O–H groups in total. The summed E-state index contributed by atoms with van der Waals surface area (Å²) in [7, 11) is 0. The molecule has 1 aliphatic rings. The molecule has 2 heterocycles. The maximum absolute atomic E-state index is 12.3. The summed E-state index contributed by atoms with van der Waals surface area (Å²) in [5, 5.41) is 9.40. The van der Waals surface area contributed by atoms with Crippen LogP contribution in [0, 0.1) is 5.92 Å². The van der Waals surface area contributed by atoms with Gasteiger partial charge in [0.15, 0.2) is 0 Å². The Kier molecular flexibility index (Phi) is 7.48. The van der Waals surface area contributed by atoms with Crippen molar-refractivity contribution in [1.29, 1.82) is 0 Å². The van der Waals surface area contributed by atoms with Gasteiger partial charge in [0.05, 0.1) is 12.1 Å². The standard InChI is InChI=1S/C27H30N6O3/c1-5-25(34)31-22-8-6-7-21(15-22)30-20-11-9-19(10-12-20)18(4)29-26-28-14-13-24(32-26)33-23(17(2)3)16-36-27(33)35/h5-15,17-18,23,30H,1,16H2,2-4H3,(H,31,34)(H,28,29,32)/t18?,23-/m1/s1. The molecule has 186 valence electrons. The second kappa shape index (κ2) is 10.9. The molecule has 2 amide bonds. The number of hydrogen-bond acceptors (Lipinski definition) is 7. The van der Waals surface area contributed by atoms with Crippen molar-refractivity contribution in [3.8, 4) is 0 Å². The number of rotatable bonds is 9. The van der Waals surface area contributed by atoms with Gasteiger partial charge < -0.3 is 20.7 Å². The Labute approximate surface area is 210 Å². The highest BCUT2D eigenvalue weighted by Crippen LogP contribution is 2.27. The van der Waals surface area contributed by atoms with Gasteiger partial charge in [-0.1, -0.05) is 38.6 Å². The Hall–Kier alpha value is -4.40.